The molecule has 0 aliphatic rings. The van der Waals surface area contributed by atoms with Crippen LogP contribution in [0.3, 0.4) is 0 Å². The molecule has 0 amide bonds. The highest BCUT2D eigenvalue weighted by atomic mass is 79.9. The summed E-state index contributed by atoms with van der Waals surface area (Å²) in [5.74, 6) is 0. The summed E-state index contributed by atoms with van der Waals surface area (Å²) >= 11 is 4.62. The van der Waals surface area contributed by atoms with Crippen LogP contribution in [0.25, 0.3) is 0 Å². The van der Waals surface area contributed by atoms with E-state index in [2.05, 4.69) is 20.7 Å². The lowest BCUT2D eigenvalue weighted by molar-refractivity contribution is 0.601. The van der Waals surface area contributed by atoms with Crippen molar-refractivity contribution in [1.82, 2.24) is 0 Å². The van der Waals surface area contributed by atoms with Crippen LogP contribution in [-0.4, -0.2) is 8.42 Å². The van der Waals surface area contributed by atoms with Crippen molar-refractivity contribution in [3.63, 3.8) is 0 Å². The van der Waals surface area contributed by atoms with Crippen molar-refractivity contribution in [2.24, 2.45) is 5.73 Å². The van der Waals surface area contributed by atoms with Gasteiger partial charge in [-0.2, -0.15) is 0 Å². The lowest BCUT2D eigenvalue weighted by atomic mass is 10.1. The van der Waals surface area contributed by atoms with Gasteiger partial charge < -0.3 is 5.73 Å². The Hall–Kier alpha value is -0.890. The Bertz CT molecular complexity index is 711. The largest absolute Gasteiger partial charge is 0.326 e. The Morgan fingerprint density at radius 2 is 2.05 bits per heavy atom. The van der Waals surface area contributed by atoms with Gasteiger partial charge in [-0.3, -0.25) is 4.72 Å². The number of rotatable bonds is 5. The molecule has 1 aromatic heterocycles. The number of halogens is 1. The van der Waals surface area contributed by atoms with Crippen molar-refractivity contribution in [3.05, 3.63) is 44.6 Å². The number of nitrogens with two attached hydrogens (primary N) is 1. The van der Waals surface area contributed by atoms with Gasteiger partial charge in [0.25, 0.3) is 10.0 Å². The van der Waals surface area contributed by atoms with Crippen LogP contribution >= 0.6 is 27.3 Å². The quantitative estimate of drug-likeness (QED) is 0.842. The van der Waals surface area contributed by atoms with Crippen LogP contribution in [0.1, 0.15) is 17.4 Å². The van der Waals surface area contributed by atoms with Crippen LogP contribution in [0.4, 0.5) is 5.69 Å². The molecule has 108 valence electrons. The fourth-order valence-electron chi connectivity index (χ4n) is 1.81. The lowest BCUT2D eigenvalue weighted by Gasteiger charge is -2.10. The molecular formula is C13H15BrN2O2S2. The first-order valence-corrected chi connectivity index (χ1v) is 9.16. The molecule has 0 fully saturated rings. The second-order valence-electron chi connectivity index (χ2n) is 4.17. The van der Waals surface area contributed by atoms with Gasteiger partial charge in [0, 0.05) is 11.4 Å². The smallest absolute Gasteiger partial charge is 0.263 e. The zero-order chi connectivity index (χ0) is 14.8. The van der Waals surface area contributed by atoms with Gasteiger partial charge in [-0.05, 0) is 40.0 Å². The molecule has 0 unspecified atom stereocenters. The SMILES string of the molecule is CCc1ccccc1NS(=O)(=O)c1cc(CN)sc1Br. The molecule has 4 nitrogen and oxygen atoms in total. The number of anilines is 1. The predicted molar refractivity (Wildman–Crippen MR) is 86.5 cm³/mol. The van der Waals surface area contributed by atoms with E-state index in [1.165, 1.54) is 11.3 Å². The highest BCUT2D eigenvalue weighted by Crippen LogP contribution is 2.33. The first-order chi connectivity index (χ1) is 9.47. The minimum absolute atomic E-state index is 0.230. The van der Waals surface area contributed by atoms with Gasteiger partial charge in [0.05, 0.1) is 9.47 Å². The summed E-state index contributed by atoms with van der Waals surface area (Å²) < 4.78 is 28.1. The summed E-state index contributed by atoms with van der Waals surface area (Å²) in [5.41, 5.74) is 7.12. The van der Waals surface area contributed by atoms with Crippen molar-refractivity contribution in [1.29, 1.82) is 0 Å². The zero-order valence-electron chi connectivity index (χ0n) is 10.9. The topological polar surface area (TPSA) is 72.2 Å². The third-order valence-electron chi connectivity index (χ3n) is 2.84. The number of thiophene rings is 1. The number of hydrogen-bond acceptors (Lipinski definition) is 4. The molecule has 20 heavy (non-hydrogen) atoms. The van der Waals surface area contributed by atoms with E-state index < -0.39 is 10.0 Å². The normalized spacial score (nSPS) is 11.6. The van der Waals surface area contributed by atoms with E-state index in [1.807, 2.05) is 25.1 Å². The fraction of sp³-hybridized carbons (Fsp3) is 0.231. The monoisotopic (exact) mass is 374 g/mol. The van der Waals surface area contributed by atoms with Gasteiger partial charge in [-0.15, -0.1) is 11.3 Å². The van der Waals surface area contributed by atoms with Gasteiger partial charge in [0.2, 0.25) is 0 Å². The number of benzene rings is 1. The zero-order valence-corrected chi connectivity index (χ0v) is 14.1. The Morgan fingerprint density at radius 1 is 1.35 bits per heavy atom. The van der Waals surface area contributed by atoms with Crippen molar-refractivity contribution in [2.45, 2.75) is 24.8 Å². The van der Waals surface area contributed by atoms with Crippen molar-refractivity contribution in [3.8, 4) is 0 Å². The molecule has 2 rings (SSSR count). The molecule has 1 heterocycles. The summed E-state index contributed by atoms with van der Waals surface area (Å²) in [7, 11) is -3.61. The Kier molecular flexibility index (Phi) is 4.85. The molecule has 0 saturated carbocycles. The maximum absolute atomic E-state index is 12.4. The standard InChI is InChI=1S/C13H15BrN2O2S2/c1-2-9-5-3-4-6-11(9)16-20(17,18)12-7-10(8-15)19-13(12)14/h3-7,16H,2,8,15H2,1H3. The van der Waals surface area contributed by atoms with Gasteiger partial charge in [-0.1, -0.05) is 25.1 Å². The highest BCUT2D eigenvalue weighted by Gasteiger charge is 2.21. The van der Waals surface area contributed by atoms with Crippen LogP contribution in [0.15, 0.2) is 39.0 Å². The molecule has 1 aromatic carbocycles. The van der Waals surface area contributed by atoms with E-state index in [0.29, 0.717) is 16.0 Å². The highest BCUT2D eigenvalue weighted by molar-refractivity contribution is 9.11. The van der Waals surface area contributed by atoms with Crippen molar-refractivity contribution >= 4 is 43.0 Å². The van der Waals surface area contributed by atoms with Crippen LogP contribution in [0.2, 0.25) is 0 Å². The van der Waals surface area contributed by atoms with Crippen LogP contribution in [0, 0.1) is 0 Å². The van der Waals surface area contributed by atoms with E-state index in [1.54, 1.807) is 12.1 Å². The van der Waals surface area contributed by atoms with Gasteiger partial charge in [0.1, 0.15) is 4.90 Å². The van der Waals surface area contributed by atoms with E-state index in [9.17, 15) is 8.42 Å². The molecule has 3 N–H and O–H groups in total. The number of aryl methyl sites for hydroxylation is 1. The van der Waals surface area contributed by atoms with E-state index in [4.69, 9.17) is 5.73 Å². The molecule has 0 radical (unpaired) electrons. The van der Waals surface area contributed by atoms with Crippen molar-refractivity contribution < 1.29 is 8.42 Å². The van der Waals surface area contributed by atoms with Gasteiger partial charge >= 0.3 is 0 Å². The summed E-state index contributed by atoms with van der Waals surface area (Å²) in [4.78, 5) is 1.05. The number of sulfonamides is 1. The van der Waals surface area contributed by atoms with E-state index in [-0.39, 0.29) is 4.90 Å². The average molecular weight is 375 g/mol. The first kappa shape index (κ1) is 15.5. The third-order valence-corrected chi connectivity index (χ3v) is 6.48. The lowest BCUT2D eigenvalue weighted by Crippen LogP contribution is -2.14. The van der Waals surface area contributed by atoms with E-state index in [0.717, 1.165) is 16.9 Å². The summed E-state index contributed by atoms with van der Waals surface area (Å²) in [6.45, 7) is 2.31. The molecule has 0 saturated heterocycles. The summed E-state index contributed by atoms with van der Waals surface area (Å²) in [6.07, 6.45) is 0.761. The Morgan fingerprint density at radius 3 is 2.65 bits per heavy atom. The fourth-order valence-corrected chi connectivity index (χ4v) is 5.47. The maximum atomic E-state index is 12.4. The molecule has 0 spiro atoms. The Labute approximate surface area is 131 Å². The number of hydrogen-bond donors (Lipinski definition) is 2. The second-order valence-corrected chi connectivity index (χ2v) is 8.28. The summed E-state index contributed by atoms with van der Waals surface area (Å²) in [5, 5.41) is 0. The third kappa shape index (κ3) is 3.22. The Balaban J connectivity index is 2.38. The molecule has 0 aliphatic carbocycles. The van der Waals surface area contributed by atoms with Gasteiger partial charge in [0.15, 0.2) is 0 Å². The van der Waals surface area contributed by atoms with Gasteiger partial charge in [-0.25, -0.2) is 8.42 Å². The number of para-hydroxylation sites is 1. The molecule has 0 bridgehead atoms. The maximum Gasteiger partial charge on any atom is 0.263 e. The average Bonchev–Trinajstić information content (AvgIpc) is 2.81. The minimum atomic E-state index is -3.61. The molecule has 0 aliphatic heterocycles. The predicted octanol–water partition coefficient (Wildman–Crippen LogP) is 3.33. The summed E-state index contributed by atoms with van der Waals surface area (Å²) in [6, 6.07) is 8.98. The minimum Gasteiger partial charge on any atom is -0.326 e. The van der Waals surface area contributed by atoms with Crippen LogP contribution < -0.4 is 10.5 Å². The van der Waals surface area contributed by atoms with Crippen LogP contribution in [0.5, 0.6) is 0 Å². The second kappa shape index (κ2) is 6.26. The van der Waals surface area contributed by atoms with E-state index >= 15 is 0 Å². The number of nitrogens with one attached hydrogen (secondary N) is 1. The van der Waals surface area contributed by atoms with Crippen molar-refractivity contribution in [2.75, 3.05) is 4.72 Å². The van der Waals surface area contributed by atoms with Crippen LogP contribution in [-0.2, 0) is 23.0 Å². The molecule has 7 heteroatoms. The molecular weight excluding hydrogens is 360 g/mol. The molecule has 2 aromatic rings. The molecule has 0 atom stereocenters. The first-order valence-electron chi connectivity index (χ1n) is 6.07.